The summed E-state index contributed by atoms with van der Waals surface area (Å²) in [7, 11) is 0. The van der Waals surface area contributed by atoms with Crippen LogP contribution in [0.3, 0.4) is 0 Å². The Bertz CT molecular complexity index is 1010. The van der Waals surface area contributed by atoms with Gasteiger partial charge in [0.25, 0.3) is 0 Å². The van der Waals surface area contributed by atoms with E-state index in [1.54, 1.807) is 0 Å². The molecule has 0 heterocycles. The van der Waals surface area contributed by atoms with Gasteiger partial charge in [0.15, 0.2) is 0 Å². The Balaban J connectivity index is 1.79. The molecule has 0 aromatic heterocycles. The van der Waals surface area contributed by atoms with Crippen molar-refractivity contribution in [1.29, 1.82) is 0 Å². The minimum absolute atomic E-state index is 0.164. The first-order chi connectivity index (χ1) is 15.6. The van der Waals surface area contributed by atoms with Gasteiger partial charge in [-0.05, 0) is 48.9 Å². The molecule has 3 aromatic rings. The second kappa shape index (κ2) is 12.7. The van der Waals surface area contributed by atoms with Gasteiger partial charge in [-0.25, -0.2) is 0 Å². The van der Waals surface area contributed by atoms with Crippen molar-refractivity contribution in [2.45, 2.75) is 46.3 Å². The van der Waals surface area contributed by atoms with E-state index in [2.05, 4.69) is 93.3 Å². The highest BCUT2D eigenvalue weighted by molar-refractivity contribution is 5.35. The van der Waals surface area contributed by atoms with E-state index in [0.717, 1.165) is 18.4 Å². The van der Waals surface area contributed by atoms with Crippen molar-refractivity contribution in [3.8, 4) is 11.8 Å². The molecule has 1 nitrogen and oxygen atoms in total. The third-order valence-corrected chi connectivity index (χ3v) is 5.72. The summed E-state index contributed by atoms with van der Waals surface area (Å²) in [6, 6.07) is 31.2. The Labute approximate surface area is 194 Å². The summed E-state index contributed by atoms with van der Waals surface area (Å²) in [5.74, 6) is 7.48. The van der Waals surface area contributed by atoms with Gasteiger partial charge in [0.1, 0.15) is 6.10 Å². The van der Waals surface area contributed by atoms with E-state index in [0.29, 0.717) is 12.5 Å². The monoisotopic (exact) mass is 422 g/mol. The van der Waals surface area contributed by atoms with Crippen LogP contribution in [-0.2, 0) is 17.8 Å². The summed E-state index contributed by atoms with van der Waals surface area (Å²) in [6.45, 7) is 7.33. The minimum Gasteiger partial charge on any atom is -0.360 e. The lowest BCUT2D eigenvalue weighted by atomic mass is 9.83. The van der Waals surface area contributed by atoms with E-state index in [1.807, 2.05) is 36.4 Å². The fourth-order valence-electron chi connectivity index (χ4n) is 4.03. The summed E-state index contributed by atoms with van der Waals surface area (Å²) in [4.78, 5) is 0. The van der Waals surface area contributed by atoms with Crippen molar-refractivity contribution >= 4 is 0 Å². The smallest absolute Gasteiger partial charge is 0.125 e. The third-order valence-electron chi connectivity index (χ3n) is 5.72. The number of allylic oxidation sites excluding steroid dienone is 1. The minimum atomic E-state index is -0.164. The van der Waals surface area contributed by atoms with E-state index in [-0.39, 0.29) is 12.0 Å². The molecule has 164 valence electrons. The predicted molar refractivity (Wildman–Crippen MR) is 135 cm³/mol. The Kier molecular flexibility index (Phi) is 9.36. The van der Waals surface area contributed by atoms with Crippen LogP contribution in [0.1, 0.15) is 43.9 Å². The van der Waals surface area contributed by atoms with Gasteiger partial charge in [-0.3, -0.25) is 0 Å². The SMILES string of the molecule is C/C(=C\CCc1ccccc1)[C@H](C(C)C)[C@@H](C#Cc1ccccc1)OCc1ccccc1. The quantitative estimate of drug-likeness (QED) is 0.257. The number of rotatable bonds is 9. The van der Waals surface area contributed by atoms with Gasteiger partial charge in [-0.15, -0.1) is 0 Å². The van der Waals surface area contributed by atoms with Crippen molar-refractivity contribution in [2.75, 3.05) is 0 Å². The fraction of sp³-hybridized carbons (Fsp3) is 0.290. The van der Waals surface area contributed by atoms with Gasteiger partial charge in [0.2, 0.25) is 0 Å². The van der Waals surface area contributed by atoms with Crippen molar-refractivity contribution in [3.05, 3.63) is 119 Å². The van der Waals surface area contributed by atoms with Gasteiger partial charge in [0, 0.05) is 11.5 Å². The predicted octanol–water partition coefficient (Wildman–Crippen LogP) is 7.47. The molecule has 32 heavy (non-hydrogen) atoms. The molecule has 0 saturated heterocycles. The average molecular weight is 423 g/mol. The Morgan fingerprint density at radius 3 is 1.97 bits per heavy atom. The Morgan fingerprint density at radius 2 is 1.38 bits per heavy atom. The first kappa shape index (κ1) is 23.6. The zero-order valence-corrected chi connectivity index (χ0v) is 19.5. The molecule has 0 spiro atoms. The van der Waals surface area contributed by atoms with Crippen molar-refractivity contribution in [3.63, 3.8) is 0 Å². The van der Waals surface area contributed by atoms with Crippen LogP contribution < -0.4 is 0 Å². The molecule has 0 radical (unpaired) electrons. The summed E-state index contributed by atoms with van der Waals surface area (Å²) in [6.07, 6.45) is 4.29. The van der Waals surface area contributed by atoms with E-state index in [9.17, 15) is 0 Å². The lowest BCUT2D eigenvalue weighted by molar-refractivity contribution is 0.0361. The van der Waals surface area contributed by atoms with E-state index < -0.39 is 0 Å². The Hall–Kier alpha value is -3.08. The summed E-state index contributed by atoms with van der Waals surface area (Å²) >= 11 is 0. The van der Waals surface area contributed by atoms with E-state index in [4.69, 9.17) is 4.74 Å². The molecule has 0 aliphatic carbocycles. The van der Waals surface area contributed by atoms with E-state index >= 15 is 0 Å². The first-order valence-electron chi connectivity index (χ1n) is 11.6. The summed E-state index contributed by atoms with van der Waals surface area (Å²) in [5, 5.41) is 0. The van der Waals surface area contributed by atoms with Crippen LogP contribution in [0.15, 0.2) is 103 Å². The second-order valence-electron chi connectivity index (χ2n) is 8.59. The lowest BCUT2D eigenvalue weighted by Gasteiger charge is -2.28. The molecule has 2 atom stereocenters. The van der Waals surface area contributed by atoms with E-state index in [1.165, 1.54) is 16.7 Å². The molecule has 0 saturated carbocycles. The van der Waals surface area contributed by atoms with Gasteiger partial charge >= 0.3 is 0 Å². The molecule has 0 bridgehead atoms. The van der Waals surface area contributed by atoms with Gasteiger partial charge in [-0.1, -0.05) is 116 Å². The highest BCUT2D eigenvalue weighted by atomic mass is 16.5. The van der Waals surface area contributed by atoms with Crippen molar-refractivity contribution in [2.24, 2.45) is 11.8 Å². The highest BCUT2D eigenvalue weighted by Crippen LogP contribution is 2.27. The van der Waals surface area contributed by atoms with Crippen LogP contribution in [0, 0.1) is 23.7 Å². The molecule has 0 N–H and O–H groups in total. The fourth-order valence-corrected chi connectivity index (χ4v) is 4.03. The Morgan fingerprint density at radius 1 is 0.812 bits per heavy atom. The molecule has 3 aromatic carbocycles. The average Bonchev–Trinajstić information content (AvgIpc) is 2.82. The lowest BCUT2D eigenvalue weighted by Crippen LogP contribution is -2.28. The molecule has 0 aliphatic heterocycles. The van der Waals surface area contributed by atoms with Crippen LogP contribution >= 0.6 is 0 Å². The normalized spacial score (nSPS) is 13.3. The zero-order chi connectivity index (χ0) is 22.6. The topological polar surface area (TPSA) is 9.23 Å². The summed E-state index contributed by atoms with van der Waals surface area (Å²) < 4.78 is 6.44. The molecular formula is C31H34O. The molecule has 0 unspecified atom stereocenters. The van der Waals surface area contributed by atoms with Crippen LogP contribution in [0.25, 0.3) is 0 Å². The molecular weight excluding hydrogens is 388 g/mol. The molecule has 3 rings (SSSR count). The first-order valence-corrected chi connectivity index (χ1v) is 11.6. The number of ether oxygens (including phenoxy) is 1. The molecule has 0 aliphatic rings. The maximum absolute atomic E-state index is 6.44. The zero-order valence-electron chi connectivity index (χ0n) is 19.5. The number of aryl methyl sites for hydroxylation is 1. The van der Waals surface area contributed by atoms with Crippen molar-refractivity contribution < 1.29 is 4.74 Å². The molecule has 1 heteroatoms. The number of hydrogen-bond acceptors (Lipinski definition) is 1. The highest BCUT2D eigenvalue weighted by Gasteiger charge is 2.25. The second-order valence-corrected chi connectivity index (χ2v) is 8.59. The van der Waals surface area contributed by atoms with Crippen LogP contribution in [0.5, 0.6) is 0 Å². The maximum atomic E-state index is 6.44. The van der Waals surface area contributed by atoms with Gasteiger partial charge in [0.05, 0.1) is 6.61 Å². The number of hydrogen-bond donors (Lipinski definition) is 0. The maximum Gasteiger partial charge on any atom is 0.125 e. The van der Waals surface area contributed by atoms with Crippen LogP contribution in [0.4, 0.5) is 0 Å². The molecule has 0 amide bonds. The van der Waals surface area contributed by atoms with Gasteiger partial charge < -0.3 is 4.74 Å². The third kappa shape index (κ3) is 7.56. The van der Waals surface area contributed by atoms with Crippen molar-refractivity contribution in [1.82, 2.24) is 0 Å². The van der Waals surface area contributed by atoms with Crippen LogP contribution in [0.2, 0.25) is 0 Å². The summed E-state index contributed by atoms with van der Waals surface area (Å²) in [5.41, 5.74) is 4.93. The standard InChI is InChI=1S/C31H34O/c1-25(2)31(26(3)14-13-21-27-15-7-4-8-16-27)30(23-22-28-17-9-5-10-18-28)32-24-29-19-11-6-12-20-29/h4-12,14-20,25,30-31H,13,21,24H2,1-3H3/b26-14+/t30-,31+/m1/s1. The number of benzene rings is 3. The van der Waals surface area contributed by atoms with Crippen LogP contribution in [-0.4, -0.2) is 6.10 Å². The molecule has 0 fully saturated rings. The van der Waals surface area contributed by atoms with Gasteiger partial charge in [-0.2, -0.15) is 0 Å². The largest absolute Gasteiger partial charge is 0.360 e.